The lowest BCUT2D eigenvalue weighted by molar-refractivity contribution is -0.164. The summed E-state index contributed by atoms with van der Waals surface area (Å²) in [7, 11) is 0. The van der Waals surface area contributed by atoms with Crippen LogP contribution in [0.2, 0.25) is 0 Å². The first-order valence-corrected chi connectivity index (χ1v) is 16.3. The van der Waals surface area contributed by atoms with Gasteiger partial charge in [-0.1, -0.05) is 109 Å². The van der Waals surface area contributed by atoms with Gasteiger partial charge in [-0.25, -0.2) is 0 Å². The van der Waals surface area contributed by atoms with Crippen LogP contribution in [0.5, 0.6) is 0 Å². The third-order valence-electron chi connectivity index (χ3n) is 8.58. The summed E-state index contributed by atoms with van der Waals surface area (Å²) in [5, 5.41) is 0. The van der Waals surface area contributed by atoms with Crippen molar-refractivity contribution in [2.45, 2.75) is 50.9 Å². The fourth-order valence-corrected chi connectivity index (χ4v) is 6.14. The second-order valence-corrected chi connectivity index (χ2v) is 12.0. The highest BCUT2D eigenvalue weighted by atomic mass is 35.5. The van der Waals surface area contributed by atoms with Crippen molar-refractivity contribution in [3.8, 4) is 22.3 Å². The zero-order valence-electron chi connectivity index (χ0n) is 27.9. The van der Waals surface area contributed by atoms with Crippen LogP contribution in [0.25, 0.3) is 22.3 Å². The topological polar surface area (TPSA) is 169 Å². The van der Waals surface area contributed by atoms with Gasteiger partial charge in [0.25, 0.3) is 0 Å². The molecule has 5 rings (SSSR count). The lowest BCUT2D eigenvalue weighted by Gasteiger charge is -2.45. The molecule has 264 valence electrons. The van der Waals surface area contributed by atoms with E-state index in [4.69, 9.17) is 22.9 Å². The minimum Gasteiger partial charge on any atom is -0.370 e. The van der Waals surface area contributed by atoms with Gasteiger partial charge in [0.1, 0.15) is 12.1 Å². The highest BCUT2D eigenvalue weighted by molar-refractivity contribution is 5.97. The van der Waals surface area contributed by atoms with E-state index in [-0.39, 0.29) is 48.5 Å². The van der Waals surface area contributed by atoms with Gasteiger partial charge in [0.2, 0.25) is 11.8 Å². The van der Waals surface area contributed by atoms with Gasteiger partial charge in [-0.2, -0.15) is 0 Å². The van der Waals surface area contributed by atoms with E-state index in [2.05, 4.69) is 34.3 Å². The molecule has 2 amide bonds. The molecule has 8 N–H and O–H groups in total. The Morgan fingerprint density at radius 2 is 0.820 bits per heavy atom. The van der Waals surface area contributed by atoms with E-state index in [9.17, 15) is 9.59 Å². The Kier molecular flexibility index (Phi) is 15.1. The molecule has 10 nitrogen and oxygen atoms in total. The molecule has 0 unspecified atom stereocenters. The molecule has 0 radical (unpaired) electrons. The number of hydrogen-bond acceptors (Lipinski definition) is 4. The van der Waals surface area contributed by atoms with E-state index in [1.54, 1.807) is 9.80 Å². The van der Waals surface area contributed by atoms with E-state index < -0.39 is 12.1 Å². The van der Waals surface area contributed by atoms with Crippen LogP contribution in [0.3, 0.4) is 0 Å². The molecule has 1 heterocycles. The van der Waals surface area contributed by atoms with Crippen LogP contribution in [0.1, 0.15) is 36.8 Å². The number of carbonyl (C=O) groups excluding carboxylic acids is 2. The summed E-state index contributed by atoms with van der Waals surface area (Å²) in [5.74, 6) is -0.200. The maximum atomic E-state index is 14.5. The van der Waals surface area contributed by atoms with Crippen LogP contribution in [-0.4, -0.2) is 58.7 Å². The summed E-state index contributed by atoms with van der Waals surface area (Å²) < 4.78 is 0. The molecule has 12 heteroatoms. The van der Waals surface area contributed by atoms with Gasteiger partial charge >= 0.3 is 0 Å². The molecular weight excluding hydrogens is 671 g/mol. The normalized spacial score (nSPS) is 15.4. The summed E-state index contributed by atoms with van der Waals surface area (Å²) in [4.78, 5) is 40.6. The van der Waals surface area contributed by atoms with Crippen LogP contribution in [0, 0.1) is 0 Å². The van der Waals surface area contributed by atoms with Crippen LogP contribution in [0.15, 0.2) is 119 Å². The molecule has 2 atom stereocenters. The minimum absolute atomic E-state index is 0. The molecular formula is C38H46Cl2N8O2. The van der Waals surface area contributed by atoms with Crippen molar-refractivity contribution < 1.29 is 9.59 Å². The minimum atomic E-state index is -0.668. The van der Waals surface area contributed by atoms with Crippen molar-refractivity contribution in [2.24, 2.45) is 32.9 Å². The van der Waals surface area contributed by atoms with Crippen LogP contribution < -0.4 is 22.9 Å². The summed E-state index contributed by atoms with van der Waals surface area (Å²) in [6, 6.07) is 35.2. The van der Waals surface area contributed by atoms with Gasteiger partial charge in [0.15, 0.2) is 11.9 Å². The number of rotatable bonds is 14. The number of amides is 2. The predicted molar refractivity (Wildman–Crippen MR) is 207 cm³/mol. The second kappa shape index (κ2) is 19.2. The van der Waals surface area contributed by atoms with E-state index in [1.807, 2.05) is 84.9 Å². The first-order chi connectivity index (χ1) is 23.3. The number of benzene rings is 4. The number of nitrogens with zero attached hydrogens (tertiary/aromatic N) is 4. The summed E-state index contributed by atoms with van der Waals surface area (Å²) in [6.45, 7) is 1.33. The van der Waals surface area contributed by atoms with Crippen molar-refractivity contribution in [1.82, 2.24) is 9.80 Å². The molecule has 0 saturated carbocycles. The largest absolute Gasteiger partial charge is 0.370 e. The van der Waals surface area contributed by atoms with Crippen molar-refractivity contribution in [1.29, 1.82) is 0 Å². The zero-order valence-corrected chi connectivity index (χ0v) is 29.6. The van der Waals surface area contributed by atoms with Gasteiger partial charge in [-0.15, -0.1) is 24.8 Å². The van der Waals surface area contributed by atoms with E-state index in [0.717, 1.165) is 33.4 Å². The Bertz CT molecular complexity index is 1580. The number of piperazine rings is 1. The lowest BCUT2D eigenvalue weighted by Crippen LogP contribution is -2.64. The second-order valence-electron chi connectivity index (χ2n) is 12.0. The van der Waals surface area contributed by atoms with Crippen molar-refractivity contribution in [2.75, 3.05) is 13.1 Å². The number of aliphatic imine (C=N–C) groups is 2. The van der Waals surface area contributed by atoms with E-state index in [1.165, 1.54) is 0 Å². The van der Waals surface area contributed by atoms with E-state index in [0.29, 0.717) is 51.9 Å². The number of guanidine groups is 2. The van der Waals surface area contributed by atoms with E-state index >= 15 is 0 Å². The van der Waals surface area contributed by atoms with Gasteiger partial charge < -0.3 is 32.7 Å². The van der Waals surface area contributed by atoms with Gasteiger partial charge in [0, 0.05) is 26.2 Å². The van der Waals surface area contributed by atoms with Crippen LogP contribution in [0.4, 0.5) is 0 Å². The third-order valence-corrected chi connectivity index (χ3v) is 8.58. The molecule has 1 aliphatic heterocycles. The Hall–Kier alpha value is -5.06. The summed E-state index contributed by atoms with van der Waals surface area (Å²) in [5.41, 5.74) is 28.5. The number of halogens is 2. The van der Waals surface area contributed by atoms with Gasteiger partial charge in [-0.05, 0) is 59.1 Å². The monoisotopic (exact) mass is 716 g/mol. The number of nitrogens with two attached hydrogens (primary N) is 4. The smallest absolute Gasteiger partial charge is 0.246 e. The molecule has 0 bridgehead atoms. The number of carbonyl (C=O) groups is 2. The molecule has 1 fully saturated rings. The van der Waals surface area contributed by atoms with Crippen LogP contribution >= 0.6 is 24.8 Å². The Morgan fingerprint density at radius 3 is 1.14 bits per heavy atom. The predicted octanol–water partition coefficient (Wildman–Crippen LogP) is 5.08. The molecule has 0 aliphatic carbocycles. The average Bonchev–Trinajstić information content (AvgIpc) is 3.10. The number of hydrogen-bond donors (Lipinski definition) is 4. The standard InChI is InChI=1S/C38H44N8O2.2ClH/c39-37(40)43-23-7-13-33-36(48)46(26-28-17-21-32(22-18-28)30-11-5-2-6-12-30)34(14-8-24-44-38(41)42)35(47)45(33)25-27-15-19-31(20-16-27)29-9-3-1-4-10-29;;/h1-6,9-12,15-22,33-34H,7-8,13-14,23-26H2,(H4,39,40,43)(H4,41,42,44);2*1H/t33-,34-;;/m1../s1. The van der Waals surface area contributed by atoms with Crippen LogP contribution in [-0.2, 0) is 22.7 Å². The Balaban J connectivity index is 0.00000338. The molecule has 1 saturated heterocycles. The lowest BCUT2D eigenvalue weighted by atomic mass is 9.95. The average molecular weight is 718 g/mol. The maximum Gasteiger partial charge on any atom is 0.246 e. The third kappa shape index (κ3) is 10.5. The highest BCUT2D eigenvalue weighted by Crippen LogP contribution is 2.29. The molecule has 0 aromatic heterocycles. The zero-order chi connectivity index (χ0) is 33.9. The van der Waals surface area contributed by atoms with Gasteiger partial charge in [-0.3, -0.25) is 19.6 Å². The first-order valence-electron chi connectivity index (χ1n) is 16.3. The van der Waals surface area contributed by atoms with Crippen molar-refractivity contribution in [3.05, 3.63) is 120 Å². The molecule has 50 heavy (non-hydrogen) atoms. The Labute approximate surface area is 306 Å². The quantitative estimate of drug-likeness (QED) is 0.0806. The fraction of sp³-hybridized carbons (Fsp3) is 0.263. The van der Waals surface area contributed by atoms with Crippen molar-refractivity contribution in [3.63, 3.8) is 0 Å². The molecule has 1 aliphatic rings. The fourth-order valence-electron chi connectivity index (χ4n) is 6.14. The Morgan fingerprint density at radius 1 is 0.500 bits per heavy atom. The SMILES string of the molecule is Cl.Cl.NC(N)=NCCC[C@@H]1C(=O)N(Cc2ccc(-c3ccccc3)cc2)[C@H](CCCN=C(N)N)C(=O)N1Cc1ccc(-c2ccccc2)cc1. The maximum absolute atomic E-state index is 14.5. The molecule has 0 spiro atoms. The highest BCUT2D eigenvalue weighted by Gasteiger charge is 2.45. The van der Waals surface area contributed by atoms with Gasteiger partial charge in [0.05, 0.1) is 0 Å². The summed E-state index contributed by atoms with van der Waals surface area (Å²) in [6.07, 6.45) is 1.93. The molecule has 4 aromatic rings. The first kappa shape index (κ1) is 39.4. The van der Waals surface area contributed by atoms with Crippen molar-refractivity contribution >= 4 is 48.5 Å². The molecule has 4 aromatic carbocycles. The summed E-state index contributed by atoms with van der Waals surface area (Å²) >= 11 is 0.